The van der Waals surface area contributed by atoms with Gasteiger partial charge < -0.3 is 19.9 Å². The summed E-state index contributed by atoms with van der Waals surface area (Å²) in [4.78, 5) is 16.4. The predicted octanol–water partition coefficient (Wildman–Crippen LogP) is 4.50. The van der Waals surface area contributed by atoms with Crippen molar-refractivity contribution < 1.29 is 32.5 Å². The lowest BCUT2D eigenvalue weighted by Gasteiger charge is -2.26. The van der Waals surface area contributed by atoms with Crippen molar-refractivity contribution in [2.75, 3.05) is 20.3 Å². The number of piperidine rings is 1. The fraction of sp³-hybridized carbons (Fsp3) is 0.385. The minimum atomic E-state index is -4.58. The van der Waals surface area contributed by atoms with Gasteiger partial charge in [-0.15, -0.1) is 0 Å². The highest BCUT2D eigenvalue weighted by atomic mass is 19.4. The van der Waals surface area contributed by atoms with E-state index >= 15 is 0 Å². The summed E-state index contributed by atoms with van der Waals surface area (Å²) in [7, 11) is 1.45. The molecule has 9 heteroatoms. The van der Waals surface area contributed by atoms with Crippen LogP contribution in [0.2, 0.25) is 0 Å². The van der Waals surface area contributed by atoms with Crippen LogP contribution >= 0.6 is 0 Å². The molecule has 35 heavy (non-hydrogen) atoms. The number of rotatable bonds is 7. The molecule has 2 heterocycles. The average Bonchev–Trinajstić information content (AvgIpc) is 3.29. The number of carbonyl (C=O) groups is 1. The Morgan fingerprint density at radius 3 is 2.60 bits per heavy atom. The first-order valence-electron chi connectivity index (χ1n) is 11.2. The predicted molar refractivity (Wildman–Crippen MR) is 125 cm³/mol. The van der Waals surface area contributed by atoms with Gasteiger partial charge in [0.2, 0.25) is 5.91 Å². The monoisotopic (exact) mass is 488 g/mol. The first-order valence-corrected chi connectivity index (χ1v) is 11.2. The van der Waals surface area contributed by atoms with Crippen molar-refractivity contribution in [1.82, 2.24) is 5.32 Å². The number of nitrogens with zero attached hydrogens (tertiary/aromatic N) is 1. The molecule has 1 fully saturated rings. The molecule has 2 aromatic carbocycles. The Bertz CT molecular complexity index is 1200. The van der Waals surface area contributed by atoms with Gasteiger partial charge in [-0.2, -0.15) is 13.2 Å². The van der Waals surface area contributed by atoms with E-state index in [1.54, 1.807) is 38.1 Å². The second kappa shape index (κ2) is 9.37. The summed E-state index contributed by atoms with van der Waals surface area (Å²) in [5, 5.41) is 12.3. The number of amidine groups is 1. The molecule has 6 nitrogen and oxygen atoms in total. The van der Waals surface area contributed by atoms with Gasteiger partial charge in [-0.25, -0.2) is 0 Å². The third-order valence-corrected chi connectivity index (χ3v) is 6.42. The molecule has 2 aromatic rings. The van der Waals surface area contributed by atoms with Gasteiger partial charge in [0.1, 0.15) is 12.4 Å². The number of ether oxygens (including phenoxy) is 2. The van der Waals surface area contributed by atoms with Crippen molar-refractivity contribution in [2.24, 2.45) is 4.99 Å². The summed E-state index contributed by atoms with van der Waals surface area (Å²) in [5.41, 5.74) is 0.520. The molecule has 0 spiro atoms. The fourth-order valence-corrected chi connectivity index (χ4v) is 4.27. The highest BCUT2D eigenvalue weighted by Gasteiger charge is 2.35. The van der Waals surface area contributed by atoms with E-state index in [0.29, 0.717) is 29.4 Å². The van der Waals surface area contributed by atoms with E-state index < -0.39 is 17.2 Å². The zero-order valence-corrected chi connectivity index (χ0v) is 19.7. The maximum absolute atomic E-state index is 13.8. The van der Waals surface area contributed by atoms with E-state index in [9.17, 15) is 23.1 Å². The Hall–Kier alpha value is -3.33. The van der Waals surface area contributed by atoms with E-state index in [-0.39, 0.29) is 37.0 Å². The van der Waals surface area contributed by atoms with Gasteiger partial charge in [0.05, 0.1) is 25.8 Å². The molecule has 0 saturated carbocycles. The van der Waals surface area contributed by atoms with Crippen molar-refractivity contribution in [3.8, 4) is 11.5 Å². The molecule has 186 valence electrons. The van der Waals surface area contributed by atoms with Crippen molar-refractivity contribution >= 4 is 11.7 Å². The zero-order chi connectivity index (χ0) is 25.4. The van der Waals surface area contributed by atoms with Crippen LogP contribution in [-0.4, -0.2) is 37.1 Å². The SMILES string of the molecule is COc1cc(C2CC(=O)NC3=NCC=C32)ccc1OCc1ccc(C(C)(C)CO)cc1C(F)(F)F. The molecule has 0 aliphatic carbocycles. The Kier molecular flexibility index (Phi) is 6.64. The first kappa shape index (κ1) is 24.8. The van der Waals surface area contributed by atoms with Crippen LogP contribution in [0.1, 0.15) is 48.4 Å². The normalized spacial score (nSPS) is 17.9. The Labute approximate surface area is 201 Å². The summed E-state index contributed by atoms with van der Waals surface area (Å²) in [6.45, 7) is 3.26. The van der Waals surface area contributed by atoms with Gasteiger partial charge in [-0.3, -0.25) is 9.79 Å². The van der Waals surface area contributed by atoms with Crippen LogP contribution in [0.5, 0.6) is 11.5 Å². The highest BCUT2D eigenvalue weighted by molar-refractivity contribution is 6.12. The second-order valence-electron chi connectivity index (χ2n) is 9.26. The van der Waals surface area contributed by atoms with Crippen LogP contribution in [0, 0.1) is 0 Å². The Morgan fingerprint density at radius 2 is 1.91 bits per heavy atom. The number of methoxy groups -OCH3 is 1. The van der Waals surface area contributed by atoms with Gasteiger partial charge in [-0.05, 0) is 29.3 Å². The lowest BCUT2D eigenvalue weighted by molar-refractivity contribution is -0.138. The lowest BCUT2D eigenvalue weighted by atomic mass is 9.84. The Balaban J connectivity index is 1.59. The van der Waals surface area contributed by atoms with Crippen LogP contribution in [0.4, 0.5) is 13.2 Å². The number of aliphatic hydroxyl groups is 1. The molecule has 1 amide bonds. The summed E-state index contributed by atoms with van der Waals surface area (Å²) in [5.74, 6) is 0.917. The van der Waals surface area contributed by atoms with Crippen LogP contribution < -0.4 is 14.8 Å². The van der Waals surface area contributed by atoms with Crippen LogP contribution in [0.3, 0.4) is 0 Å². The van der Waals surface area contributed by atoms with Crippen LogP contribution in [0.25, 0.3) is 0 Å². The average molecular weight is 489 g/mol. The number of aliphatic hydroxyl groups excluding tert-OH is 1. The number of alkyl halides is 3. The summed E-state index contributed by atoms with van der Waals surface area (Å²) >= 11 is 0. The molecule has 4 rings (SSSR count). The molecular formula is C26H27F3N2O4. The smallest absolute Gasteiger partial charge is 0.416 e. The van der Waals surface area contributed by atoms with E-state index in [0.717, 1.165) is 17.2 Å². The Morgan fingerprint density at radius 1 is 1.14 bits per heavy atom. The van der Waals surface area contributed by atoms with E-state index in [1.807, 2.05) is 6.08 Å². The number of halogens is 3. The maximum Gasteiger partial charge on any atom is 0.416 e. The van der Waals surface area contributed by atoms with Gasteiger partial charge in [0.25, 0.3) is 0 Å². The van der Waals surface area contributed by atoms with E-state index in [1.165, 1.54) is 13.2 Å². The zero-order valence-electron chi connectivity index (χ0n) is 19.7. The van der Waals surface area contributed by atoms with Gasteiger partial charge in [-0.1, -0.05) is 38.1 Å². The minimum absolute atomic E-state index is 0.0259. The molecule has 1 atom stereocenters. The summed E-state index contributed by atoms with van der Waals surface area (Å²) in [6.07, 6.45) is -2.35. The summed E-state index contributed by atoms with van der Waals surface area (Å²) < 4.78 is 52.6. The first-order chi connectivity index (χ1) is 16.5. The molecule has 2 N–H and O–H groups in total. The van der Waals surface area contributed by atoms with Crippen LogP contribution in [-0.2, 0) is 23.0 Å². The number of hydrogen-bond donors (Lipinski definition) is 2. The standard InChI is InChI=1S/C26H27F3N2O4/c1-25(2,14-32)17-6-4-16(20(11-17)26(27,28)29)13-35-21-7-5-15(10-22(21)34-3)19-12-23(33)31-24-18(19)8-9-30-24/h4-8,10-11,19,32H,9,12-14H2,1-3H3,(H,30,31,33). The molecule has 1 unspecified atom stereocenters. The van der Waals surface area contributed by atoms with Crippen molar-refractivity contribution in [2.45, 2.75) is 44.4 Å². The van der Waals surface area contributed by atoms with E-state index in [2.05, 4.69) is 10.3 Å². The second-order valence-corrected chi connectivity index (χ2v) is 9.26. The van der Waals surface area contributed by atoms with Crippen molar-refractivity contribution in [3.63, 3.8) is 0 Å². The van der Waals surface area contributed by atoms with Crippen molar-refractivity contribution in [1.29, 1.82) is 0 Å². The minimum Gasteiger partial charge on any atom is -0.493 e. The number of benzene rings is 2. The number of nitrogens with one attached hydrogen (secondary N) is 1. The van der Waals surface area contributed by atoms with Gasteiger partial charge in [0.15, 0.2) is 11.5 Å². The number of carbonyl (C=O) groups excluding carboxylic acids is 1. The number of fused-ring (bicyclic) bond motifs is 1. The maximum atomic E-state index is 13.8. The van der Waals surface area contributed by atoms with Gasteiger partial charge >= 0.3 is 6.18 Å². The topological polar surface area (TPSA) is 80.2 Å². The third kappa shape index (κ3) is 5.05. The number of amides is 1. The molecule has 2 aliphatic rings. The quantitative estimate of drug-likeness (QED) is 0.601. The number of hydrogen-bond acceptors (Lipinski definition) is 5. The highest BCUT2D eigenvalue weighted by Crippen LogP contribution is 2.39. The number of aliphatic imine (C=N–C) groups is 1. The fourth-order valence-electron chi connectivity index (χ4n) is 4.27. The van der Waals surface area contributed by atoms with Crippen LogP contribution in [0.15, 0.2) is 53.0 Å². The summed E-state index contributed by atoms with van der Waals surface area (Å²) in [6, 6.07) is 9.20. The molecule has 1 saturated heterocycles. The molecule has 2 aliphatic heterocycles. The van der Waals surface area contributed by atoms with Gasteiger partial charge in [0, 0.05) is 28.9 Å². The van der Waals surface area contributed by atoms with E-state index in [4.69, 9.17) is 9.47 Å². The molecule has 0 aromatic heterocycles. The molecule has 0 bridgehead atoms. The largest absolute Gasteiger partial charge is 0.493 e. The van der Waals surface area contributed by atoms with Crippen molar-refractivity contribution in [3.05, 3.63) is 70.3 Å². The molecular weight excluding hydrogens is 461 g/mol. The molecule has 0 radical (unpaired) electrons. The third-order valence-electron chi connectivity index (χ3n) is 6.42. The lowest BCUT2D eigenvalue weighted by Crippen LogP contribution is -2.38.